The van der Waals surface area contributed by atoms with Crippen LogP contribution in [0.5, 0.6) is 0 Å². The number of benzene rings is 2. The van der Waals surface area contributed by atoms with Crippen LogP contribution in [0.25, 0.3) is 27.6 Å². The van der Waals surface area contributed by atoms with Crippen molar-refractivity contribution in [3.05, 3.63) is 76.9 Å². The van der Waals surface area contributed by atoms with Crippen molar-refractivity contribution >= 4 is 45.4 Å². The van der Waals surface area contributed by atoms with Gasteiger partial charge in [0.2, 0.25) is 0 Å². The van der Waals surface area contributed by atoms with E-state index < -0.39 is 0 Å². The van der Waals surface area contributed by atoms with E-state index in [2.05, 4.69) is 11.1 Å². The lowest BCUT2D eigenvalue weighted by molar-refractivity contribution is 0.0526. The predicted molar refractivity (Wildman–Crippen MR) is 119 cm³/mol. The number of thiazole rings is 1. The summed E-state index contributed by atoms with van der Waals surface area (Å²) in [4.78, 5) is 16.8. The molecule has 5 nitrogen and oxygen atoms in total. The van der Waals surface area contributed by atoms with E-state index in [0.717, 1.165) is 20.1 Å². The third-order valence-electron chi connectivity index (χ3n) is 4.16. The standard InChI is InChI=1S/C23H16N2O3S2/c1-2-27-22(26)16-9-7-15(8-10-16)20-12-11-17(28-20)13-18(14-24)29-23-25-19-5-3-4-6-21(19)30-23/h3-13H,2H2,1H3/b18-13+. The van der Waals surface area contributed by atoms with Crippen LogP contribution >= 0.6 is 23.1 Å². The number of ether oxygens (including phenoxy) is 1. The normalized spacial score (nSPS) is 11.4. The molecular weight excluding hydrogens is 416 g/mol. The molecule has 0 aliphatic carbocycles. The molecule has 0 saturated heterocycles. The maximum atomic E-state index is 11.8. The molecule has 4 rings (SSSR count). The number of allylic oxidation sites excluding steroid dienone is 1. The molecule has 0 atom stereocenters. The molecule has 148 valence electrons. The number of carbonyl (C=O) groups is 1. The number of rotatable bonds is 6. The molecule has 4 aromatic rings. The lowest BCUT2D eigenvalue weighted by atomic mass is 10.1. The number of thioether (sulfide) groups is 1. The number of esters is 1. The molecule has 0 amide bonds. The van der Waals surface area contributed by atoms with Gasteiger partial charge in [-0.15, -0.1) is 11.3 Å². The molecule has 0 radical (unpaired) electrons. The first-order chi connectivity index (χ1) is 14.7. The fourth-order valence-electron chi connectivity index (χ4n) is 2.77. The minimum atomic E-state index is -0.349. The fourth-order valence-corrected chi connectivity index (χ4v) is 4.73. The summed E-state index contributed by atoms with van der Waals surface area (Å²) >= 11 is 2.87. The zero-order chi connectivity index (χ0) is 20.9. The number of nitriles is 1. The van der Waals surface area contributed by atoms with Crippen LogP contribution in [0, 0.1) is 11.3 Å². The molecule has 30 heavy (non-hydrogen) atoms. The van der Waals surface area contributed by atoms with Crippen molar-refractivity contribution < 1.29 is 13.9 Å². The van der Waals surface area contributed by atoms with Gasteiger partial charge in [-0.2, -0.15) is 5.26 Å². The quantitative estimate of drug-likeness (QED) is 0.200. The highest BCUT2D eigenvalue weighted by atomic mass is 32.2. The van der Waals surface area contributed by atoms with Crippen LogP contribution in [0.4, 0.5) is 0 Å². The van der Waals surface area contributed by atoms with Crippen LogP contribution in [0.1, 0.15) is 23.0 Å². The Labute approximate surface area is 181 Å². The molecule has 0 aliphatic heterocycles. The predicted octanol–water partition coefficient (Wildman–Crippen LogP) is 6.39. The first-order valence-electron chi connectivity index (χ1n) is 9.19. The topological polar surface area (TPSA) is 76.1 Å². The zero-order valence-electron chi connectivity index (χ0n) is 16.0. The highest BCUT2D eigenvalue weighted by Gasteiger charge is 2.11. The van der Waals surface area contributed by atoms with Gasteiger partial charge in [0.25, 0.3) is 0 Å². The van der Waals surface area contributed by atoms with Crippen LogP contribution < -0.4 is 0 Å². The third kappa shape index (κ3) is 4.46. The van der Waals surface area contributed by atoms with Gasteiger partial charge in [-0.25, -0.2) is 9.78 Å². The first-order valence-corrected chi connectivity index (χ1v) is 10.8. The van der Waals surface area contributed by atoms with Crippen molar-refractivity contribution in [3.8, 4) is 17.4 Å². The second-order valence-corrected chi connectivity index (χ2v) is 8.49. The smallest absolute Gasteiger partial charge is 0.338 e. The Morgan fingerprint density at radius 3 is 2.73 bits per heavy atom. The Morgan fingerprint density at radius 1 is 1.20 bits per heavy atom. The molecule has 0 unspecified atom stereocenters. The Balaban J connectivity index is 1.51. The van der Waals surface area contributed by atoms with Gasteiger partial charge < -0.3 is 9.15 Å². The second kappa shape index (κ2) is 8.99. The summed E-state index contributed by atoms with van der Waals surface area (Å²) in [7, 11) is 0. The Bertz CT molecular complexity index is 1230. The van der Waals surface area contributed by atoms with Crippen LogP contribution in [0.15, 0.2) is 74.3 Å². The summed E-state index contributed by atoms with van der Waals surface area (Å²) in [5.41, 5.74) is 2.25. The largest absolute Gasteiger partial charge is 0.462 e. The average molecular weight is 433 g/mol. The van der Waals surface area contributed by atoms with Gasteiger partial charge in [-0.3, -0.25) is 0 Å². The SMILES string of the molecule is CCOC(=O)c1ccc(-c2ccc(/C=C(\C#N)Sc3nc4ccccc4s3)o2)cc1. The number of hydrogen-bond donors (Lipinski definition) is 0. The van der Waals surface area contributed by atoms with E-state index in [4.69, 9.17) is 9.15 Å². The molecule has 0 N–H and O–H groups in total. The van der Waals surface area contributed by atoms with E-state index >= 15 is 0 Å². The fraction of sp³-hybridized carbons (Fsp3) is 0.0870. The summed E-state index contributed by atoms with van der Waals surface area (Å²) in [5.74, 6) is 0.876. The molecular formula is C23H16N2O3S2. The summed E-state index contributed by atoms with van der Waals surface area (Å²) in [5, 5.41) is 9.53. The highest BCUT2D eigenvalue weighted by molar-refractivity contribution is 8.05. The van der Waals surface area contributed by atoms with Crippen LogP contribution in [-0.4, -0.2) is 17.6 Å². The molecule has 0 fully saturated rings. The lowest BCUT2D eigenvalue weighted by Crippen LogP contribution is -2.03. The summed E-state index contributed by atoms with van der Waals surface area (Å²) in [6.07, 6.45) is 1.70. The molecule has 2 aromatic heterocycles. The van der Waals surface area contributed by atoms with Gasteiger partial charge in [0.15, 0.2) is 4.34 Å². The summed E-state index contributed by atoms with van der Waals surface area (Å²) in [6, 6.07) is 20.8. The van der Waals surface area contributed by atoms with E-state index in [1.54, 1.807) is 48.6 Å². The number of carbonyl (C=O) groups excluding carboxylic acids is 1. The lowest BCUT2D eigenvalue weighted by Gasteiger charge is -2.02. The van der Waals surface area contributed by atoms with Gasteiger partial charge in [-0.05, 0) is 55.1 Å². The van der Waals surface area contributed by atoms with Crippen molar-refractivity contribution in [3.63, 3.8) is 0 Å². The van der Waals surface area contributed by atoms with Crippen molar-refractivity contribution in [2.45, 2.75) is 11.3 Å². The van der Waals surface area contributed by atoms with E-state index in [1.807, 2.05) is 36.4 Å². The number of nitrogens with zero attached hydrogens (tertiary/aromatic N) is 2. The number of fused-ring (bicyclic) bond motifs is 1. The van der Waals surface area contributed by atoms with Crippen molar-refractivity contribution in [2.75, 3.05) is 6.61 Å². The van der Waals surface area contributed by atoms with Gasteiger partial charge >= 0.3 is 5.97 Å². The van der Waals surface area contributed by atoms with Crippen LogP contribution in [0.3, 0.4) is 0 Å². The van der Waals surface area contributed by atoms with E-state index in [-0.39, 0.29) is 5.97 Å². The van der Waals surface area contributed by atoms with E-state index in [1.165, 1.54) is 11.8 Å². The first kappa shape index (κ1) is 20.0. The van der Waals surface area contributed by atoms with Crippen molar-refractivity contribution in [1.82, 2.24) is 4.98 Å². The number of aromatic nitrogens is 1. The third-order valence-corrected chi connectivity index (χ3v) is 6.19. The summed E-state index contributed by atoms with van der Waals surface area (Å²) < 4.78 is 12.8. The van der Waals surface area contributed by atoms with Gasteiger partial charge in [0.1, 0.15) is 17.6 Å². The summed E-state index contributed by atoms with van der Waals surface area (Å²) in [6.45, 7) is 2.11. The Morgan fingerprint density at radius 2 is 2.00 bits per heavy atom. The van der Waals surface area contributed by atoms with Crippen molar-refractivity contribution in [1.29, 1.82) is 5.26 Å². The maximum Gasteiger partial charge on any atom is 0.338 e. The maximum absolute atomic E-state index is 11.8. The molecule has 2 aromatic carbocycles. The molecule has 2 heterocycles. The zero-order valence-corrected chi connectivity index (χ0v) is 17.6. The van der Waals surface area contributed by atoms with E-state index in [0.29, 0.717) is 28.6 Å². The average Bonchev–Trinajstić information content (AvgIpc) is 3.40. The number of furan rings is 1. The number of para-hydroxylation sites is 1. The van der Waals surface area contributed by atoms with E-state index in [9.17, 15) is 10.1 Å². The molecule has 7 heteroatoms. The molecule has 0 aliphatic rings. The van der Waals surface area contributed by atoms with Crippen molar-refractivity contribution in [2.24, 2.45) is 0 Å². The van der Waals surface area contributed by atoms with Crippen LogP contribution in [-0.2, 0) is 4.74 Å². The Kier molecular flexibility index (Phi) is 5.98. The van der Waals surface area contributed by atoms with Gasteiger partial charge in [0.05, 0.1) is 27.3 Å². The Hall–Kier alpha value is -3.34. The molecule has 0 spiro atoms. The minimum absolute atomic E-state index is 0.338. The highest BCUT2D eigenvalue weighted by Crippen LogP contribution is 2.35. The number of hydrogen-bond acceptors (Lipinski definition) is 7. The molecule has 0 saturated carbocycles. The second-order valence-electron chi connectivity index (χ2n) is 6.17. The molecule has 0 bridgehead atoms. The van der Waals surface area contributed by atoms with Crippen LogP contribution in [0.2, 0.25) is 0 Å². The minimum Gasteiger partial charge on any atom is -0.462 e. The van der Waals surface area contributed by atoms with Gasteiger partial charge in [-0.1, -0.05) is 24.3 Å². The van der Waals surface area contributed by atoms with Gasteiger partial charge in [0, 0.05) is 11.6 Å². The monoisotopic (exact) mass is 432 g/mol.